The lowest BCUT2D eigenvalue weighted by atomic mass is 10.5. The van der Waals surface area contributed by atoms with Gasteiger partial charge in [-0.2, -0.15) is 0 Å². The van der Waals surface area contributed by atoms with Gasteiger partial charge in [0.1, 0.15) is 0 Å². The first-order valence-electron chi connectivity index (χ1n) is 6.37. The van der Waals surface area contributed by atoms with Crippen LogP contribution in [0.2, 0.25) is 12.1 Å². The lowest BCUT2D eigenvalue weighted by molar-refractivity contribution is 0.209. The maximum absolute atomic E-state index is 9.79. The third-order valence-corrected chi connectivity index (χ3v) is 13.3. The molecule has 0 radical (unpaired) electrons. The molecule has 5 nitrogen and oxygen atoms in total. The molecule has 0 bridgehead atoms. The Morgan fingerprint density at radius 1 is 1.12 bits per heavy atom. The Hall–Kier alpha value is 0.234. The first-order valence-corrected chi connectivity index (χ1v) is 10.6. The van der Waals surface area contributed by atoms with Crippen LogP contribution in [0.5, 0.6) is 0 Å². The average Bonchev–Trinajstić information content (AvgIpc) is 2.86. The zero-order valence-electron chi connectivity index (χ0n) is 11.1. The predicted octanol–water partition coefficient (Wildman–Crippen LogP) is 0.233. The molecule has 2 aliphatic rings. The number of aliphatic hydroxyl groups excluding tert-OH is 1. The largest absolute Gasteiger partial charge is 0.417 e. The zero-order chi connectivity index (χ0) is 12.5. The number of nitrogens with zero attached hydrogens (tertiary/aromatic N) is 2. The fraction of sp³-hybridized carbons (Fsp3) is 1.00. The van der Waals surface area contributed by atoms with E-state index >= 15 is 0 Å². The molecule has 0 aliphatic carbocycles. The van der Waals surface area contributed by atoms with Gasteiger partial charge in [-0.05, 0) is 46.1 Å². The molecule has 7 heteroatoms. The van der Waals surface area contributed by atoms with E-state index in [2.05, 4.69) is 23.2 Å². The molecule has 2 aliphatic heterocycles. The van der Waals surface area contributed by atoms with Gasteiger partial charge in [0, 0.05) is 13.2 Å². The van der Waals surface area contributed by atoms with E-state index in [-0.39, 0.29) is 6.23 Å². The van der Waals surface area contributed by atoms with Crippen molar-refractivity contribution in [2.24, 2.45) is 0 Å². The average molecular weight is 276 g/mol. The molecule has 2 saturated heterocycles. The lowest BCUT2D eigenvalue weighted by Crippen LogP contribution is -2.65. The maximum atomic E-state index is 9.79. The van der Waals surface area contributed by atoms with Gasteiger partial charge in [0.15, 0.2) is 0 Å². The van der Waals surface area contributed by atoms with Crippen molar-refractivity contribution in [3.8, 4) is 0 Å². The van der Waals surface area contributed by atoms with Crippen molar-refractivity contribution in [1.82, 2.24) is 9.13 Å². The van der Waals surface area contributed by atoms with Gasteiger partial charge in [-0.1, -0.05) is 0 Å². The van der Waals surface area contributed by atoms with Gasteiger partial charge in [-0.15, -0.1) is 0 Å². The maximum Gasteiger partial charge on any atom is 0.417 e. The van der Waals surface area contributed by atoms with Crippen LogP contribution < -0.4 is 0 Å². The molecule has 2 rings (SSSR count). The van der Waals surface area contributed by atoms with Crippen molar-refractivity contribution < 1.29 is 13.6 Å². The summed E-state index contributed by atoms with van der Waals surface area (Å²) in [6, 6.07) is 2.06. The van der Waals surface area contributed by atoms with Crippen molar-refractivity contribution in [2.75, 3.05) is 40.5 Å². The summed E-state index contributed by atoms with van der Waals surface area (Å²) in [6.45, 7) is 2.10. The molecule has 0 aromatic carbocycles. The van der Waals surface area contributed by atoms with Gasteiger partial charge >= 0.3 is 8.72 Å². The Kier molecular flexibility index (Phi) is 4.08. The van der Waals surface area contributed by atoms with Crippen molar-refractivity contribution >= 4 is 17.2 Å². The summed E-state index contributed by atoms with van der Waals surface area (Å²) in [7, 11) is 1.60. The molecule has 0 saturated carbocycles. The highest BCUT2D eigenvalue weighted by molar-refractivity contribution is 6.82. The van der Waals surface area contributed by atoms with Crippen molar-refractivity contribution in [2.45, 2.75) is 24.9 Å². The van der Waals surface area contributed by atoms with E-state index in [1.54, 1.807) is 7.11 Å². The predicted molar refractivity (Wildman–Crippen MR) is 70.8 cm³/mol. The van der Waals surface area contributed by atoms with Gasteiger partial charge < -0.3 is 18.2 Å². The van der Waals surface area contributed by atoms with Crippen LogP contribution in [-0.4, -0.2) is 72.0 Å². The van der Waals surface area contributed by atoms with Gasteiger partial charge in [-0.3, -0.25) is 4.57 Å². The van der Waals surface area contributed by atoms with Gasteiger partial charge in [0.05, 0.1) is 6.23 Å². The minimum absolute atomic E-state index is 0.190. The van der Waals surface area contributed by atoms with Crippen LogP contribution in [-0.2, 0) is 8.54 Å². The van der Waals surface area contributed by atoms with Crippen LogP contribution in [0.15, 0.2) is 0 Å². The van der Waals surface area contributed by atoms with Gasteiger partial charge in [-0.25, -0.2) is 0 Å². The third-order valence-electron chi connectivity index (χ3n) is 4.24. The van der Waals surface area contributed by atoms with Gasteiger partial charge in [0.2, 0.25) is 0 Å². The van der Waals surface area contributed by atoms with Crippen LogP contribution in [0.3, 0.4) is 0 Å². The lowest BCUT2D eigenvalue weighted by Gasteiger charge is -2.41. The Bertz CT molecular complexity index is 258. The first kappa shape index (κ1) is 13.7. The standard InChI is InChI=1S/C10H24N2O3Si2/c1-11-6-4-8-16(11,10-13)15-17(14-3)9-5-7-12(17)2/h13H,4-10H2,1-3H3. The van der Waals surface area contributed by atoms with E-state index in [4.69, 9.17) is 8.54 Å². The first-order chi connectivity index (χ1) is 8.08. The fourth-order valence-corrected chi connectivity index (χ4v) is 12.1. The van der Waals surface area contributed by atoms with Crippen LogP contribution in [0.1, 0.15) is 12.8 Å². The minimum atomic E-state index is -2.22. The smallest absolute Gasteiger partial charge is 0.410 e. The second-order valence-corrected chi connectivity index (χ2v) is 12.6. The SMILES string of the molecule is CO[Si]1(O[Si]2(CO)CCCN2C)CCCN1C. The summed E-state index contributed by atoms with van der Waals surface area (Å²) in [5.74, 6) is 0. The molecule has 2 atom stereocenters. The number of hydrogen-bond acceptors (Lipinski definition) is 5. The van der Waals surface area contributed by atoms with E-state index in [1.807, 2.05) is 0 Å². The number of rotatable bonds is 4. The molecule has 0 spiro atoms. The Balaban J connectivity index is 2.17. The monoisotopic (exact) mass is 276 g/mol. The summed E-state index contributed by atoms with van der Waals surface area (Å²) in [4.78, 5) is 0. The summed E-state index contributed by atoms with van der Waals surface area (Å²) in [6.07, 6.45) is 2.48. The van der Waals surface area contributed by atoms with Crippen LogP contribution >= 0.6 is 0 Å². The fourth-order valence-electron chi connectivity index (χ4n) is 2.97. The molecule has 1 N–H and O–H groups in total. The summed E-state index contributed by atoms with van der Waals surface area (Å²) >= 11 is 0. The molecule has 0 aromatic rings. The highest BCUT2D eigenvalue weighted by Gasteiger charge is 2.55. The van der Waals surface area contributed by atoms with Gasteiger partial charge in [0.25, 0.3) is 8.48 Å². The molecule has 2 fully saturated rings. The Morgan fingerprint density at radius 3 is 2.18 bits per heavy atom. The molecule has 17 heavy (non-hydrogen) atoms. The van der Waals surface area contributed by atoms with Crippen molar-refractivity contribution in [3.05, 3.63) is 0 Å². The highest BCUT2D eigenvalue weighted by Crippen LogP contribution is 2.34. The number of hydrogen-bond donors (Lipinski definition) is 1. The highest BCUT2D eigenvalue weighted by atomic mass is 28.5. The van der Waals surface area contributed by atoms with E-state index in [9.17, 15) is 5.11 Å². The van der Waals surface area contributed by atoms with Crippen LogP contribution in [0.4, 0.5) is 0 Å². The zero-order valence-corrected chi connectivity index (χ0v) is 13.1. The summed E-state index contributed by atoms with van der Waals surface area (Å²) in [5, 5.41) is 9.79. The molecule has 2 unspecified atom stereocenters. The van der Waals surface area contributed by atoms with Crippen LogP contribution in [0.25, 0.3) is 0 Å². The van der Waals surface area contributed by atoms with Crippen molar-refractivity contribution in [3.63, 3.8) is 0 Å². The summed E-state index contributed by atoms with van der Waals surface area (Å²) < 4.78 is 16.9. The molecule has 2 heterocycles. The number of aliphatic hydroxyl groups is 1. The molecule has 100 valence electrons. The normalized spacial score (nSPS) is 40.2. The van der Waals surface area contributed by atoms with E-state index in [0.29, 0.717) is 0 Å². The topological polar surface area (TPSA) is 45.2 Å². The van der Waals surface area contributed by atoms with E-state index in [1.165, 1.54) is 0 Å². The molecule has 0 amide bonds. The Labute approximate surface area is 106 Å². The van der Waals surface area contributed by atoms with Crippen LogP contribution in [0, 0.1) is 0 Å². The summed E-state index contributed by atoms with van der Waals surface area (Å²) in [5.41, 5.74) is 0. The quantitative estimate of drug-likeness (QED) is 0.745. The second kappa shape index (κ2) is 5.08. The third kappa shape index (κ3) is 2.25. The molecular weight excluding hydrogens is 252 g/mol. The second-order valence-electron chi connectivity index (χ2n) is 5.17. The Morgan fingerprint density at radius 2 is 1.76 bits per heavy atom. The minimum Gasteiger partial charge on any atom is -0.410 e. The van der Waals surface area contributed by atoms with Crippen molar-refractivity contribution in [1.29, 1.82) is 0 Å². The van der Waals surface area contributed by atoms with E-state index < -0.39 is 17.2 Å². The van der Waals surface area contributed by atoms with E-state index in [0.717, 1.165) is 38.0 Å². The molecular formula is C10H24N2O3Si2. The molecule has 0 aromatic heterocycles.